The van der Waals surface area contributed by atoms with E-state index < -0.39 is 0 Å². The Hall–Kier alpha value is -1.31. The molecule has 1 amide bonds. The zero-order valence-corrected chi connectivity index (χ0v) is 15.4. The van der Waals surface area contributed by atoms with Crippen molar-refractivity contribution in [2.75, 3.05) is 0 Å². The summed E-state index contributed by atoms with van der Waals surface area (Å²) in [4.78, 5) is 12.9. The average Bonchev–Trinajstić information content (AvgIpc) is 2.54. The molecule has 0 aromatic heterocycles. The molecule has 0 aliphatic heterocycles. The van der Waals surface area contributed by atoms with E-state index in [-0.39, 0.29) is 17.9 Å². The van der Waals surface area contributed by atoms with Gasteiger partial charge in [0.05, 0.1) is 0 Å². The van der Waals surface area contributed by atoms with Crippen molar-refractivity contribution in [3.63, 3.8) is 0 Å². The molecule has 1 aromatic carbocycles. The van der Waals surface area contributed by atoms with Crippen LogP contribution < -0.4 is 5.32 Å². The molecule has 0 saturated heterocycles. The molecule has 1 N–H and O–H groups in total. The maximum absolute atomic E-state index is 12.9. The quantitative estimate of drug-likeness (QED) is 0.813. The molecule has 3 unspecified atom stereocenters. The van der Waals surface area contributed by atoms with E-state index in [0.717, 1.165) is 6.42 Å². The summed E-state index contributed by atoms with van der Waals surface area (Å²) in [6.45, 7) is 11.1. The number of rotatable bonds is 5. The van der Waals surface area contributed by atoms with Gasteiger partial charge in [0, 0.05) is 17.9 Å². The van der Waals surface area contributed by atoms with E-state index in [1.807, 2.05) is 6.07 Å². The van der Waals surface area contributed by atoms with Gasteiger partial charge in [-0.3, -0.25) is 4.79 Å². The molecular weight excluding hydrogens is 282 g/mol. The van der Waals surface area contributed by atoms with Crippen molar-refractivity contribution in [1.82, 2.24) is 5.32 Å². The molecule has 23 heavy (non-hydrogen) atoms. The van der Waals surface area contributed by atoms with Crippen molar-refractivity contribution in [1.29, 1.82) is 0 Å². The smallest absolute Gasteiger partial charge is 0.223 e. The fourth-order valence-electron chi connectivity index (χ4n) is 4.01. The van der Waals surface area contributed by atoms with Crippen LogP contribution in [-0.4, -0.2) is 11.9 Å². The molecule has 2 heteroatoms. The molecule has 0 spiro atoms. The third-order valence-electron chi connectivity index (χ3n) is 5.80. The first-order chi connectivity index (χ1) is 10.9. The molecule has 1 aliphatic rings. The average molecular weight is 316 g/mol. The molecule has 128 valence electrons. The fourth-order valence-corrected chi connectivity index (χ4v) is 4.01. The Labute approximate surface area is 142 Å². The van der Waals surface area contributed by atoms with E-state index in [0.29, 0.717) is 23.7 Å². The lowest BCUT2D eigenvalue weighted by atomic mass is 9.69. The minimum atomic E-state index is 0.162. The van der Waals surface area contributed by atoms with E-state index in [2.05, 4.69) is 64.2 Å². The molecule has 1 fully saturated rings. The lowest BCUT2D eigenvalue weighted by Crippen LogP contribution is -2.44. The molecule has 2 rings (SSSR count). The molecule has 1 aliphatic carbocycles. The lowest BCUT2D eigenvalue weighted by molar-refractivity contribution is -0.130. The summed E-state index contributed by atoms with van der Waals surface area (Å²) in [6.07, 6.45) is 3.50. The maximum atomic E-state index is 12.9. The van der Waals surface area contributed by atoms with E-state index >= 15 is 0 Å². The van der Waals surface area contributed by atoms with Crippen LogP contribution >= 0.6 is 0 Å². The summed E-state index contributed by atoms with van der Waals surface area (Å²) >= 11 is 0. The zero-order valence-electron chi connectivity index (χ0n) is 15.4. The van der Waals surface area contributed by atoms with Gasteiger partial charge >= 0.3 is 0 Å². The Morgan fingerprint density at radius 3 is 2.35 bits per heavy atom. The van der Waals surface area contributed by atoms with E-state index in [4.69, 9.17) is 0 Å². The van der Waals surface area contributed by atoms with Gasteiger partial charge < -0.3 is 5.32 Å². The van der Waals surface area contributed by atoms with Gasteiger partial charge in [-0.25, -0.2) is 0 Å². The van der Waals surface area contributed by atoms with Crippen LogP contribution in [0.15, 0.2) is 30.3 Å². The van der Waals surface area contributed by atoms with Crippen LogP contribution in [0.5, 0.6) is 0 Å². The van der Waals surface area contributed by atoms with Crippen LogP contribution in [0.1, 0.15) is 65.4 Å². The Morgan fingerprint density at radius 1 is 1.09 bits per heavy atom. The summed E-state index contributed by atoms with van der Waals surface area (Å²) in [6, 6.07) is 10.6. The van der Waals surface area contributed by atoms with E-state index in [1.165, 1.54) is 18.4 Å². The first-order valence-corrected chi connectivity index (χ1v) is 9.25. The predicted octanol–water partition coefficient (Wildman–Crippen LogP) is 5.00. The highest BCUT2D eigenvalue weighted by Crippen LogP contribution is 2.38. The number of benzene rings is 1. The van der Waals surface area contributed by atoms with Gasteiger partial charge in [0.2, 0.25) is 5.91 Å². The van der Waals surface area contributed by atoms with E-state index in [9.17, 15) is 4.79 Å². The summed E-state index contributed by atoms with van der Waals surface area (Å²) < 4.78 is 0. The summed E-state index contributed by atoms with van der Waals surface area (Å²) in [5.41, 5.74) is 1.29. The minimum Gasteiger partial charge on any atom is -0.353 e. The van der Waals surface area contributed by atoms with Crippen molar-refractivity contribution in [3.8, 4) is 0 Å². The van der Waals surface area contributed by atoms with Crippen LogP contribution in [0.4, 0.5) is 0 Å². The Kier molecular flexibility index (Phi) is 6.26. The van der Waals surface area contributed by atoms with Crippen LogP contribution in [0, 0.1) is 23.7 Å². The van der Waals surface area contributed by atoms with Gasteiger partial charge in [-0.2, -0.15) is 0 Å². The number of hydrogen-bond acceptors (Lipinski definition) is 1. The fraction of sp³-hybridized carbons (Fsp3) is 0.667. The molecule has 0 radical (unpaired) electrons. The van der Waals surface area contributed by atoms with Crippen molar-refractivity contribution in [2.45, 2.75) is 65.8 Å². The van der Waals surface area contributed by atoms with Crippen molar-refractivity contribution in [2.24, 2.45) is 23.7 Å². The van der Waals surface area contributed by atoms with Crippen molar-refractivity contribution < 1.29 is 4.79 Å². The van der Waals surface area contributed by atoms with Crippen LogP contribution in [-0.2, 0) is 4.79 Å². The van der Waals surface area contributed by atoms with Crippen LogP contribution in [0.25, 0.3) is 0 Å². The Bertz CT molecular complexity index is 496. The van der Waals surface area contributed by atoms with Gasteiger partial charge in [0.1, 0.15) is 0 Å². The normalized spacial score (nSPS) is 27.5. The predicted molar refractivity (Wildman–Crippen MR) is 97.3 cm³/mol. The van der Waals surface area contributed by atoms with Crippen LogP contribution in [0.2, 0.25) is 0 Å². The third kappa shape index (κ3) is 4.59. The Morgan fingerprint density at radius 2 is 1.74 bits per heavy atom. The van der Waals surface area contributed by atoms with Gasteiger partial charge in [-0.15, -0.1) is 0 Å². The highest BCUT2D eigenvalue weighted by atomic mass is 16.2. The van der Waals surface area contributed by atoms with Gasteiger partial charge in [0.25, 0.3) is 0 Å². The number of amides is 1. The molecule has 5 atom stereocenters. The highest BCUT2D eigenvalue weighted by molar-refractivity contribution is 5.79. The monoisotopic (exact) mass is 315 g/mol. The molecule has 2 nitrogen and oxygen atoms in total. The Balaban J connectivity index is 2.01. The highest BCUT2D eigenvalue weighted by Gasteiger charge is 2.36. The molecular formula is C21H33NO. The first-order valence-electron chi connectivity index (χ1n) is 9.25. The molecule has 0 heterocycles. The number of nitrogens with one attached hydrogen (secondary N) is 1. The lowest BCUT2D eigenvalue weighted by Gasteiger charge is -2.37. The minimum absolute atomic E-state index is 0.162. The SMILES string of the molecule is CC1CCC(C(C)C)C(C(=O)N[C@H](C)[C@@H](C)c2ccccc2)C1. The molecule has 1 aromatic rings. The van der Waals surface area contributed by atoms with Gasteiger partial charge in [-0.05, 0) is 43.1 Å². The number of hydrogen-bond donors (Lipinski definition) is 1. The second-order valence-corrected chi connectivity index (χ2v) is 7.93. The largest absolute Gasteiger partial charge is 0.353 e. The number of carbonyl (C=O) groups is 1. The van der Waals surface area contributed by atoms with Crippen molar-refractivity contribution >= 4 is 5.91 Å². The maximum Gasteiger partial charge on any atom is 0.223 e. The number of carbonyl (C=O) groups excluding carboxylic acids is 1. The standard InChI is InChI=1S/C21H33NO/c1-14(2)19-12-11-15(3)13-20(19)21(23)22-17(5)16(4)18-9-7-6-8-10-18/h6-10,14-17,19-20H,11-13H2,1-5H3,(H,22,23)/t15?,16-,17-,19?,20?/m1/s1. The van der Waals surface area contributed by atoms with Gasteiger partial charge in [0.15, 0.2) is 0 Å². The van der Waals surface area contributed by atoms with Crippen molar-refractivity contribution in [3.05, 3.63) is 35.9 Å². The topological polar surface area (TPSA) is 29.1 Å². The van der Waals surface area contributed by atoms with Crippen LogP contribution in [0.3, 0.4) is 0 Å². The summed E-state index contributed by atoms with van der Waals surface area (Å²) in [5, 5.41) is 3.31. The second-order valence-electron chi connectivity index (χ2n) is 7.93. The van der Waals surface area contributed by atoms with Gasteiger partial charge in [-0.1, -0.05) is 64.4 Å². The first kappa shape index (κ1) is 18.0. The van der Waals surface area contributed by atoms with E-state index in [1.54, 1.807) is 0 Å². The zero-order chi connectivity index (χ0) is 17.0. The summed E-state index contributed by atoms with van der Waals surface area (Å²) in [5.74, 6) is 2.57. The molecule has 1 saturated carbocycles. The second kappa shape index (κ2) is 7.99. The molecule has 0 bridgehead atoms. The summed E-state index contributed by atoms with van der Waals surface area (Å²) in [7, 11) is 0. The third-order valence-corrected chi connectivity index (χ3v) is 5.80.